The average molecular weight is 278 g/mol. The fourth-order valence-corrected chi connectivity index (χ4v) is 3.18. The summed E-state index contributed by atoms with van der Waals surface area (Å²) in [6, 6.07) is 7.06. The Morgan fingerprint density at radius 3 is 2.60 bits per heavy atom. The van der Waals surface area contributed by atoms with Crippen molar-refractivity contribution in [1.29, 1.82) is 0 Å². The van der Waals surface area contributed by atoms with Crippen molar-refractivity contribution in [2.24, 2.45) is 17.6 Å². The predicted octanol–water partition coefficient (Wildman–Crippen LogP) is 3.58. The monoisotopic (exact) mass is 278 g/mol. The highest BCUT2D eigenvalue weighted by Crippen LogP contribution is 2.33. The quantitative estimate of drug-likeness (QED) is 0.912. The van der Waals surface area contributed by atoms with Crippen LogP contribution in [0.25, 0.3) is 0 Å². The number of rotatable bonds is 4. The van der Waals surface area contributed by atoms with Crippen LogP contribution in [0.2, 0.25) is 0 Å². The molecule has 1 fully saturated rings. The van der Waals surface area contributed by atoms with Crippen LogP contribution < -0.4 is 5.73 Å². The van der Waals surface area contributed by atoms with E-state index in [1.54, 1.807) is 12.1 Å². The molecule has 1 aliphatic rings. The Morgan fingerprint density at radius 2 is 2.00 bits per heavy atom. The summed E-state index contributed by atoms with van der Waals surface area (Å²) in [5.74, 6) is 1.25. The zero-order chi connectivity index (χ0) is 14.7. The van der Waals surface area contributed by atoms with Crippen molar-refractivity contribution in [3.63, 3.8) is 0 Å². The van der Waals surface area contributed by atoms with Crippen LogP contribution in [0.3, 0.4) is 0 Å². The molecule has 1 aromatic rings. The van der Waals surface area contributed by atoms with E-state index in [2.05, 4.69) is 25.7 Å². The van der Waals surface area contributed by atoms with Crippen LogP contribution in [0.1, 0.15) is 45.2 Å². The highest BCUT2D eigenvalue weighted by molar-refractivity contribution is 5.23. The molecule has 1 aliphatic heterocycles. The number of halogens is 1. The van der Waals surface area contributed by atoms with Crippen LogP contribution in [0.4, 0.5) is 4.39 Å². The summed E-state index contributed by atoms with van der Waals surface area (Å²) in [4.78, 5) is 2.39. The maximum atomic E-state index is 14.2. The molecule has 0 aliphatic carbocycles. The minimum Gasteiger partial charge on any atom is -0.326 e. The molecule has 3 heteroatoms. The van der Waals surface area contributed by atoms with Crippen molar-refractivity contribution in [2.75, 3.05) is 13.1 Å². The number of likely N-dealkylation sites (tertiary alicyclic amines) is 1. The highest BCUT2D eigenvalue weighted by atomic mass is 19.1. The molecule has 1 aromatic carbocycles. The first-order valence-corrected chi connectivity index (χ1v) is 7.78. The molecule has 0 radical (unpaired) electrons. The van der Waals surface area contributed by atoms with Gasteiger partial charge in [-0.1, -0.05) is 39.0 Å². The van der Waals surface area contributed by atoms with Crippen LogP contribution in [-0.4, -0.2) is 24.0 Å². The Bertz CT molecular complexity index is 435. The van der Waals surface area contributed by atoms with Crippen molar-refractivity contribution in [3.8, 4) is 0 Å². The van der Waals surface area contributed by atoms with Crippen molar-refractivity contribution in [3.05, 3.63) is 35.6 Å². The molecule has 0 amide bonds. The van der Waals surface area contributed by atoms with E-state index in [1.165, 1.54) is 6.42 Å². The second-order valence-corrected chi connectivity index (χ2v) is 6.28. The Kier molecular flexibility index (Phi) is 5.17. The lowest BCUT2D eigenvalue weighted by molar-refractivity contribution is 0.0798. The van der Waals surface area contributed by atoms with Gasteiger partial charge in [0.2, 0.25) is 0 Å². The molecule has 0 aromatic heterocycles. The minimum atomic E-state index is -0.132. The van der Waals surface area contributed by atoms with Gasteiger partial charge in [-0.25, -0.2) is 4.39 Å². The fraction of sp³-hybridized carbons (Fsp3) is 0.647. The molecular formula is C17H27FN2. The van der Waals surface area contributed by atoms with Gasteiger partial charge in [0, 0.05) is 18.2 Å². The van der Waals surface area contributed by atoms with E-state index in [9.17, 15) is 4.39 Å². The van der Waals surface area contributed by atoms with Crippen LogP contribution in [0.15, 0.2) is 24.3 Å². The molecule has 0 bridgehead atoms. The van der Waals surface area contributed by atoms with E-state index in [1.807, 2.05) is 12.1 Å². The van der Waals surface area contributed by atoms with Gasteiger partial charge in [-0.05, 0) is 37.3 Å². The van der Waals surface area contributed by atoms with Crippen LogP contribution in [0, 0.1) is 17.7 Å². The number of hydrogen-bond donors (Lipinski definition) is 1. The molecule has 2 N–H and O–H groups in total. The number of hydrogen-bond acceptors (Lipinski definition) is 2. The maximum absolute atomic E-state index is 14.2. The van der Waals surface area contributed by atoms with Gasteiger partial charge in [-0.3, -0.25) is 4.90 Å². The van der Waals surface area contributed by atoms with Gasteiger partial charge >= 0.3 is 0 Å². The Morgan fingerprint density at radius 1 is 1.30 bits per heavy atom. The lowest BCUT2D eigenvalue weighted by Crippen LogP contribution is -2.47. The van der Waals surface area contributed by atoms with Crippen molar-refractivity contribution < 1.29 is 4.39 Å². The number of nitrogens with two attached hydrogens (primary N) is 1. The lowest BCUT2D eigenvalue weighted by Gasteiger charge is -2.42. The van der Waals surface area contributed by atoms with Gasteiger partial charge in [-0.15, -0.1) is 0 Å². The molecule has 4 atom stereocenters. The first-order valence-electron chi connectivity index (χ1n) is 7.78. The second-order valence-electron chi connectivity index (χ2n) is 6.28. The third-order valence-corrected chi connectivity index (χ3v) is 4.86. The predicted molar refractivity (Wildman–Crippen MR) is 81.9 cm³/mol. The van der Waals surface area contributed by atoms with Gasteiger partial charge in [0.15, 0.2) is 0 Å². The van der Waals surface area contributed by atoms with Crippen molar-refractivity contribution in [2.45, 2.75) is 45.7 Å². The normalized spacial score (nSPS) is 27.2. The molecule has 112 valence electrons. The van der Waals surface area contributed by atoms with Crippen LogP contribution >= 0.6 is 0 Å². The first kappa shape index (κ1) is 15.5. The van der Waals surface area contributed by atoms with E-state index >= 15 is 0 Å². The third kappa shape index (κ3) is 3.21. The summed E-state index contributed by atoms with van der Waals surface area (Å²) in [5, 5.41) is 0. The average Bonchev–Trinajstić information content (AvgIpc) is 2.44. The zero-order valence-electron chi connectivity index (χ0n) is 12.8. The van der Waals surface area contributed by atoms with E-state index in [-0.39, 0.29) is 17.9 Å². The molecule has 0 saturated carbocycles. The number of piperidine rings is 1. The van der Waals surface area contributed by atoms with E-state index in [0.29, 0.717) is 5.92 Å². The second kappa shape index (κ2) is 6.68. The van der Waals surface area contributed by atoms with Gasteiger partial charge in [-0.2, -0.15) is 0 Å². The number of benzene rings is 1. The summed E-state index contributed by atoms with van der Waals surface area (Å²) < 4.78 is 14.2. The van der Waals surface area contributed by atoms with Gasteiger partial charge < -0.3 is 5.73 Å². The molecule has 20 heavy (non-hydrogen) atoms. The van der Waals surface area contributed by atoms with Crippen LogP contribution in [-0.2, 0) is 0 Å². The highest BCUT2D eigenvalue weighted by Gasteiger charge is 2.32. The summed E-state index contributed by atoms with van der Waals surface area (Å²) in [7, 11) is 0. The molecular weight excluding hydrogens is 251 g/mol. The topological polar surface area (TPSA) is 29.3 Å². The lowest BCUT2D eigenvalue weighted by atomic mass is 9.85. The van der Waals surface area contributed by atoms with Crippen LogP contribution in [0.5, 0.6) is 0 Å². The standard InChI is InChI=1S/C17H27FN2/c1-4-16(19)17(14-7-5-6-8-15(14)18)20-10-9-12(2)13(3)11-20/h5-8,12-13,16-17H,4,9-11,19H2,1-3H3. The van der Waals surface area contributed by atoms with Gasteiger partial charge in [0.05, 0.1) is 6.04 Å². The number of nitrogens with zero attached hydrogens (tertiary/aromatic N) is 1. The first-order chi connectivity index (χ1) is 9.54. The molecule has 4 unspecified atom stereocenters. The summed E-state index contributed by atoms with van der Waals surface area (Å²) >= 11 is 0. The summed E-state index contributed by atoms with van der Waals surface area (Å²) in [6.07, 6.45) is 2.03. The molecule has 2 rings (SSSR count). The zero-order valence-corrected chi connectivity index (χ0v) is 12.8. The Hall–Kier alpha value is -0.930. The van der Waals surface area contributed by atoms with Crippen molar-refractivity contribution >= 4 is 0 Å². The van der Waals surface area contributed by atoms with E-state index < -0.39 is 0 Å². The van der Waals surface area contributed by atoms with Gasteiger partial charge in [0.1, 0.15) is 5.82 Å². The Balaban J connectivity index is 2.27. The summed E-state index contributed by atoms with van der Waals surface area (Å²) in [6.45, 7) is 8.69. The fourth-order valence-electron chi connectivity index (χ4n) is 3.18. The smallest absolute Gasteiger partial charge is 0.128 e. The van der Waals surface area contributed by atoms with E-state index in [4.69, 9.17) is 5.73 Å². The van der Waals surface area contributed by atoms with Gasteiger partial charge in [0.25, 0.3) is 0 Å². The SMILES string of the molecule is CCC(N)C(c1ccccc1F)N1CCC(C)C(C)C1. The van der Waals surface area contributed by atoms with E-state index in [0.717, 1.165) is 31.0 Å². The molecule has 1 heterocycles. The van der Waals surface area contributed by atoms with Crippen molar-refractivity contribution in [1.82, 2.24) is 4.90 Å². The molecule has 0 spiro atoms. The largest absolute Gasteiger partial charge is 0.326 e. The Labute approximate surface area is 122 Å². The third-order valence-electron chi connectivity index (χ3n) is 4.86. The minimum absolute atomic E-state index is 0.00356. The maximum Gasteiger partial charge on any atom is 0.128 e. The summed E-state index contributed by atoms with van der Waals surface area (Å²) in [5.41, 5.74) is 7.07. The molecule has 1 saturated heterocycles. The molecule has 2 nitrogen and oxygen atoms in total.